The summed E-state index contributed by atoms with van der Waals surface area (Å²) in [7, 11) is 2.22. The molecule has 0 radical (unpaired) electrons. The molecule has 1 rings (SSSR count). The summed E-state index contributed by atoms with van der Waals surface area (Å²) >= 11 is 0. The Morgan fingerprint density at radius 1 is 1.12 bits per heavy atom. The highest BCUT2D eigenvalue weighted by Gasteiger charge is 2.45. The molecule has 0 bridgehead atoms. The molecule has 3 nitrogen and oxygen atoms in total. The summed E-state index contributed by atoms with van der Waals surface area (Å²) in [6.07, 6.45) is 8.86. The van der Waals surface area contributed by atoms with E-state index >= 15 is 0 Å². The number of rotatable bonds is 7. The minimum Gasteiger partial charge on any atom is -0.336 e. The predicted molar refractivity (Wildman–Crippen MR) is 104 cm³/mol. The van der Waals surface area contributed by atoms with Crippen molar-refractivity contribution >= 4 is 5.91 Å². The van der Waals surface area contributed by atoms with Crippen molar-refractivity contribution in [3.63, 3.8) is 0 Å². The first-order valence-corrected chi connectivity index (χ1v) is 9.74. The molecule has 1 heterocycles. The molecule has 0 saturated carbocycles. The van der Waals surface area contributed by atoms with Crippen molar-refractivity contribution in [1.29, 1.82) is 0 Å². The number of unbranched alkanes of at least 4 members (excludes halogenated alkanes) is 3. The molecule has 1 aliphatic rings. The normalized spacial score (nSPS) is 21.8. The number of likely N-dealkylation sites (tertiary alicyclic amines) is 1. The molecule has 0 aliphatic carbocycles. The van der Waals surface area contributed by atoms with Gasteiger partial charge in [-0.2, -0.15) is 0 Å². The molecular weight excluding hydrogens is 296 g/mol. The Kier molecular flexibility index (Phi) is 7.52. The van der Waals surface area contributed by atoms with Crippen molar-refractivity contribution in [3.8, 4) is 0 Å². The zero-order valence-corrected chi connectivity index (χ0v) is 17.4. The average molecular weight is 337 g/mol. The van der Waals surface area contributed by atoms with Gasteiger partial charge in [0, 0.05) is 29.2 Å². The van der Waals surface area contributed by atoms with Crippen LogP contribution < -0.4 is 0 Å². The van der Waals surface area contributed by atoms with E-state index < -0.39 is 0 Å². The maximum absolute atomic E-state index is 13.0. The molecule has 3 heteroatoms. The molecule has 0 spiro atoms. The first kappa shape index (κ1) is 21.2. The zero-order valence-electron chi connectivity index (χ0n) is 17.4. The third-order valence-corrected chi connectivity index (χ3v) is 6.01. The van der Waals surface area contributed by atoms with Crippen molar-refractivity contribution in [2.75, 3.05) is 13.6 Å². The molecule has 1 amide bonds. The molecule has 0 N–H and O–H groups in total. The van der Waals surface area contributed by atoms with Crippen LogP contribution in [-0.4, -0.2) is 46.4 Å². The lowest BCUT2D eigenvalue weighted by atomic mass is 9.76. The van der Waals surface area contributed by atoms with E-state index in [2.05, 4.69) is 51.5 Å². The van der Waals surface area contributed by atoms with Gasteiger partial charge in [0.25, 0.3) is 0 Å². The molecule has 0 aromatic carbocycles. The van der Waals surface area contributed by atoms with Crippen LogP contribution in [0.25, 0.3) is 0 Å². The lowest BCUT2D eigenvalue weighted by Crippen LogP contribution is -2.63. The lowest BCUT2D eigenvalue weighted by Gasteiger charge is -2.55. The van der Waals surface area contributed by atoms with Gasteiger partial charge in [-0.25, -0.2) is 0 Å². The molecule has 1 aliphatic heterocycles. The molecule has 1 fully saturated rings. The molecule has 0 unspecified atom stereocenters. The van der Waals surface area contributed by atoms with E-state index in [1.807, 2.05) is 19.9 Å². The highest BCUT2D eigenvalue weighted by molar-refractivity contribution is 5.93. The number of amides is 1. The summed E-state index contributed by atoms with van der Waals surface area (Å²) in [6.45, 7) is 16.3. The fourth-order valence-electron chi connectivity index (χ4n) is 4.05. The molecule has 0 aromatic rings. The minimum absolute atomic E-state index is 0.109. The SMILES string of the molecule is C/C=C(\C)C(=O)N(CCCCCC)C1CC(C)(C)N(C)C(C)(C)C1. The van der Waals surface area contributed by atoms with Crippen LogP contribution in [0.15, 0.2) is 11.6 Å². The van der Waals surface area contributed by atoms with Gasteiger partial charge >= 0.3 is 0 Å². The van der Waals surface area contributed by atoms with E-state index in [0.29, 0.717) is 6.04 Å². The summed E-state index contributed by atoms with van der Waals surface area (Å²) in [4.78, 5) is 17.7. The first-order chi connectivity index (χ1) is 11.1. The van der Waals surface area contributed by atoms with Crippen molar-refractivity contribution < 1.29 is 4.79 Å². The molecule has 1 saturated heterocycles. The Labute approximate surface area is 150 Å². The second-order valence-electron chi connectivity index (χ2n) is 8.78. The number of hydrogen-bond acceptors (Lipinski definition) is 2. The van der Waals surface area contributed by atoms with E-state index in [4.69, 9.17) is 0 Å². The number of carbonyl (C=O) groups excluding carboxylic acids is 1. The Morgan fingerprint density at radius 3 is 2.12 bits per heavy atom. The Morgan fingerprint density at radius 2 is 1.67 bits per heavy atom. The molecule has 0 aromatic heterocycles. The van der Waals surface area contributed by atoms with Crippen LogP contribution in [0.1, 0.15) is 87.0 Å². The minimum atomic E-state index is 0.109. The van der Waals surface area contributed by atoms with Crippen LogP contribution in [0, 0.1) is 0 Å². The number of nitrogens with zero attached hydrogens (tertiary/aromatic N) is 2. The quantitative estimate of drug-likeness (QED) is 0.482. The molecule has 0 atom stereocenters. The van der Waals surface area contributed by atoms with Crippen molar-refractivity contribution in [2.24, 2.45) is 0 Å². The summed E-state index contributed by atoms with van der Waals surface area (Å²) in [6, 6.07) is 0.329. The lowest BCUT2D eigenvalue weighted by molar-refractivity contribution is -0.134. The molecule has 140 valence electrons. The fourth-order valence-corrected chi connectivity index (χ4v) is 4.05. The van der Waals surface area contributed by atoms with Gasteiger partial charge in [0.05, 0.1) is 0 Å². The molecular formula is C21H40N2O. The van der Waals surface area contributed by atoms with Crippen LogP contribution in [0.4, 0.5) is 0 Å². The van der Waals surface area contributed by atoms with Crippen LogP contribution in [-0.2, 0) is 4.79 Å². The monoisotopic (exact) mass is 336 g/mol. The highest BCUT2D eigenvalue weighted by Crippen LogP contribution is 2.39. The van der Waals surface area contributed by atoms with Crippen LogP contribution in [0.3, 0.4) is 0 Å². The fraction of sp³-hybridized carbons (Fsp3) is 0.857. The highest BCUT2D eigenvalue weighted by atomic mass is 16.2. The van der Waals surface area contributed by atoms with Gasteiger partial charge in [-0.15, -0.1) is 0 Å². The van der Waals surface area contributed by atoms with Crippen LogP contribution >= 0.6 is 0 Å². The zero-order chi connectivity index (χ0) is 18.5. The van der Waals surface area contributed by atoms with E-state index in [1.54, 1.807) is 0 Å². The number of piperidine rings is 1. The summed E-state index contributed by atoms with van der Waals surface area (Å²) < 4.78 is 0. The Balaban J connectivity index is 2.98. The maximum Gasteiger partial charge on any atom is 0.249 e. The van der Waals surface area contributed by atoms with Crippen molar-refractivity contribution in [2.45, 2.75) is 104 Å². The second kappa shape index (κ2) is 8.51. The van der Waals surface area contributed by atoms with Crippen molar-refractivity contribution in [3.05, 3.63) is 11.6 Å². The first-order valence-electron chi connectivity index (χ1n) is 9.74. The number of hydrogen-bond donors (Lipinski definition) is 0. The summed E-state index contributed by atoms with van der Waals surface area (Å²) in [5.74, 6) is 0.232. The van der Waals surface area contributed by atoms with E-state index in [9.17, 15) is 4.79 Å². The second-order valence-corrected chi connectivity index (χ2v) is 8.78. The Hall–Kier alpha value is -0.830. The predicted octanol–water partition coefficient (Wildman–Crippen LogP) is 5.01. The number of allylic oxidation sites excluding steroid dienone is 1. The Bertz CT molecular complexity index is 433. The summed E-state index contributed by atoms with van der Waals surface area (Å²) in [5, 5.41) is 0. The van der Waals surface area contributed by atoms with Gasteiger partial charge in [-0.1, -0.05) is 32.3 Å². The van der Waals surface area contributed by atoms with Crippen molar-refractivity contribution in [1.82, 2.24) is 9.80 Å². The van der Waals surface area contributed by atoms with Gasteiger partial charge in [0.1, 0.15) is 0 Å². The third-order valence-electron chi connectivity index (χ3n) is 6.01. The topological polar surface area (TPSA) is 23.6 Å². The number of carbonyl (C=O) groups is 1. The third kappa shape index (κ3) is 5.08. The smallest absolute Gasteiger partial charge is 0.249 e. The van der Waals surface area contributed by atoms with Crippen LogP contribution in [0.2, 0.25) is 0 Å². The van der Waals surface area contributed by atoms with Gasteiger partial charge in [0.15, 0.2) is 0 Å². The summed E-state index contributed by atoms with van der Waals surface area (Å²) in [5.41, 5.74) is 1.09. The van der Waals surface area contributed by atoms with Gasteiger partial charge in [-0.05, 0) is 67.9 Å². The van der Waals surface area contributed by atoms with Gasteiger partial charge in [0.2, 0.25) is 5.91 Å². The van der Waals surface area contributed by atoms with Gasteiger partial charge < -0.3 is 4.90 Å². The van der Waals surface area contributed by atoms with E-state index in [0.717, 1.165) is 31.4 Å². The molecule has 24 heavy (non-hydrogen) atoms. The largest absolute Gasteiger partial charge is 0.336 e. The average Bonchev–Trinajstić information content (AvgIpc) is 2.50. The van der Waals surface area contributed by atoms with E-state index in [1.165, 1.54) is 19.3 Å². The maximum atomic E-state index is 13.0. The van der Waals surface area contributed by atoms with Crippen LogP contribution in [0.5, 0.6) is 0 Å². The van der Waals surface area contributed by atoms with E-state index in [-0.39, 0.29) is 17.0 Å². The van der Waals surface area contributed by atoms with Gasteiger partial charge in [-0.3, -0.25) is 9.69 Å². The standard InChI is InChI=1S/C21H40N2O/c1-9-11-12-13-14-23(19(24)17(3)10-2)18-15-20(4,5)22(8)21(6,7)16-18/h10,18H,9,11-16H2,1-8H3/b17-10+.